The maximum Gasteiger partial charge on any atom is 0.260 e. The first kappa shape index (κ1) is 16.3. The van der Waals surface area contributed by atoms with Gasteiger partial charge < -0.3 is 14.8 Å². The lowest BCUT2D eigenvalue weighted by Crippen LogP contribution is -2.49. The molecule has 1 N–H and O–H groups in total. The molecule has 0 unspecified atom stereocenters. The lowest BCUT2D eigenvalue weighted by Gasteiger charge is -2.34. The van der Waals surface area contributed by atoms with Crippen molar-refractivity contribution in [3.05, 3.63) is 24.8 Å². The third-order valence-electron chi connectivity index (χ3n) is 4.67. The zero-order chi connectivity index (χ0) is 17.3. The van der Waals surface area contributed by atoms with Gasteiger partial charge in [-0.15, -0.1) is 0 Å². The highest BCUT2D eigenvalue weighted by molar-refractivity contribution is 7.89. The summed E-state index contributed by atoms with van der Waals surface area (Å²) in [6.45, 7) is 4.04. The maximum atomic E-state index is 12.5. The van der Waals surface area contributed by atoms with Crippen molar-refractivity contribution in [1.29, 1.82) is 0 Å². The van der Waals surface area contributed by atoms with E-state index in [1.54, 1.807) is 6.20 Å². The van der Waals surface area contributed by atoms with Crippen molar-refractivity contribution in [3.8, 4) is 0 Å². The van der Waals surface area contributed by atoms with Gasteiger partial charge in [0.25, 0.3) is 10.0 Å². The number of hydrogen-bond acceptors (Lipinski definition) is 7. The van der Waals surface area contributed by atoms with Crippen LogP contribution in [0, 0.1) is 0 Å². The van der Waals surface area contributed by atoms with Gasteiger partial charge in [-0.25, -0.2) is 18.4 Å². The molecule has 2 aromatic heterocycles. The molecule has 2 aliphatic rings. The Kier molecular flexibility index (Phi) is 4.30. The van der Waals surface area contributed by atoms with E-state index in [-0.39, 0.29) is 5.03 Å². The predicted molar refractivity (Wildman–Crippen MR) is 93.0 cm³/mol. The zero-order valence-corrected chi connectivity index (χ0v) is 14.7. The fraction of sp³-hybridized carbons (Fsp3) is 0.533. The summed E-state index contributed by atoms with van der Waals surface area (Å²) in [4.78, 5) is 19.8. The Labute approximate surface area is 146 Å². The van der Waals surface area contributed by atoms with Gasteiger partial charge in [0.1, 0.15) is 5.82 Å². The van der Waals surface area contributed by atoms with Crippen LogP contribution < -0.4 is 9.80 Å². The van der Waals surface area contributed by atoms with Gasteiger partial charge in [-0.3, -0.25) is 0 Å². The molecule has 2 fully saturated rings. The average Bonchev–Trinajstić information content (AvgIpc) is 3.36. The van der Waals surface area contributed by atoms with Gasteiger partial charge in [0, 0.05) is 45.5 Å². The first-order chi connectivity index (χ1) is 12.1. The molecule has 10 heteroatoms. The lowest BCUT2D eigenvalue weighted by molar-refractivity contribution is 0.382. The van der Waals surface area contributed by atoms with E-state index in [2.05, 4.69) is 29.7 Å². The fourth-order valence-corrected chi connectivity index (χ4v) is 4.58. The van der Waals surface area contributed by atoms with E-state index in [0.29, 0.717) is 26.2 Å². The van der Waals surface area contributed by atoms with Crippen molar-refractivity contribution < 1.29 is 8.42 Å². The number of aromatic amines is 1. The van der Waals surface area contributed by atoms with Crippen molar-refractivity contribution in [2.24, 2.45) is 0 Å². The number of nitrogens with one attached hydrogen (secondary N) is 1. The summed E-state index contributed by atoms with van der Waals surface area (Å²) in [7, 11) is -3.50. The minimum Gasteiger partial charge on any atom is -0.354 e. The maximum absolute atomic E-state index is 12.5. The highest BCUT2D eigenvalue weighted by atomic mass is 32.2. The summed E-state index contributed by atoms with van der Waals surface area (Å²) >= 11 is 0. The molecule has 2 saturated heterocycles. The van der Waals surface area contributed by atoms with Crippen molar-refractivity contribution in [2.45, 2.75) is 17.9 Å². The highest BCUT2D eigenvalue weighted by Gasteiger charge is 2.30. The highest BCUT2D eigenvalue weighted by Crippen LogP contribution is 2.21. The van der Waals surface area contributed by atoms with Crippen molar-refractivity contribution in [3.63, 3.8) is 0 Å². The Morgan fingerprint density at radius 1 is 1.00 bits per heavy atom. The van der Waals surface area contributed by atoms with Crippen LogP contribution in [0.5, 0.6) is 0 Å². The third kappa shape index (κ3) is 3.19. The molecule has 4 heterocycles. The largest absolute Gasteiger partial charge is 0.354 e. The standard InChI is InChI=1S/C15H21N7O2S/c23-25(24,14-11-16-12-18-14)22-9-7-20(8-10-22)13-3-4-17-15(19-13)21-5-1-2-6-21/h3-4,11-12H,1-2,5-10H2,(H,16,18). The SMILES string of the molecule is O=S(=O)(c1cnc[nH]1)N1CCN(c2ccnc(N3CCCC3)n2)CC1. The van der Waals surface area contributed by atoms with Gasteiger partial charge in [0.2, 0.25) is 5.95 Å². The fourth-order valence-electron chi connectivity index (χ4n) is 3.27. The molecule has 0 radical (unpaired) electrons. The van der Waals surface area contributed by atoms with E-state index in [1.807, 2.05) is 6.07 Å². The smallest absolute Gasteiger partial charge is 0.260 e. The molecule has 2 aliphatic heterocycles. The minimum absolute atomic E-state index is 0.138. The van der Waals surface area contributed by atoms with Crippen LogP contribution in [-0.4, -0.2) is 71.9 Å². The van der Waals surface area contributed by atoms with Crippen LogP contribution >= 0.6 is 0 Å². The van der Waals surface area contributed by atoms with E-state index >= 15 is 0 Å². The second-order valence-corrected chi connectivity index (χ2v) is 8.12. The van der Waals surface area contributed by atoms with E-state index < -0.39 is 10.0 Å². The summed E-state index contributed by atoms with van der Waals surface area (Å²) in [5.74, 6) is 1.62. The van der Waals surface area contributed by atoms with E-state index in [1.165, 1.54) is 29.7 Å². The molecule has 9 nitrogen and oxygen atoms in total. The third-order valence-corrected chi connectivity index (χ3v) is 6.49. The molecule has 0 bridgehead atoms. The summed E-state index contributed by atoms with van der Waals surface area (Å²) in [6, 6.07) is 1.89. The van der Waals surface area contributed by atoms with Crippen LogP contribution in [0.25, 0.3) is 0 Å². The van der Waals surface area contributed by atoms with Crippen molar-refractivity contribution in [2.75, 3.05) is 49.1 Å². The Bertz CT molecular complexity index is 810. The Balaban J connectivity index is 1.44. The summed E-state index contributed by atoms with van der Waals surface area (Å²) in [5, 5.41) is 0.138. The number of aromatic nitrogens is 4. The van der Waals surface area contributed by atoms with Crippen LogP contribution in [0.15, 0.2) is 29.8 Å². The zero-order valence-electron chi connectivity index (χ0n) is 13.9. The van der Waals surface area contributed by atoms with Gasteiger partial charge >= 0.3 is 0 Å². The van der Waals surface area contributed by atoms with Gasteiger partial charge in [-0.05, 0) is 18.9 Å². The molecule has 4 rings (SSSR count). The molecular formula is C15H21N7O2S. The first-order valence-electron chi connectivity index (χ1n) is 8.46. The summed E-state index contributed by atoms with van der Waals surface area (Å²) in [6.07, 6.45) is 6.86. The average molecular weight is 363 g/mol. The lowest BCUT2D eigenvalue weighted by atomic mass is 10.3. The molecule has 0 amide bonds. The monoisotopic (exact) mass is 363 g/mol. The molecule has 0 aliphatic carbocycles. The number of sulfonamides is 1. The van der Waals surface area contributed by atoms with Crippen LogP contribution in [0.1, 0.15) is 12.8 Å². The molecule has 0 saturated carbocycles. The van der Waals surface area contributed by atoms with Crippen molar-refractivity contribution in [1.82, 2.24) is 24.2 Å². The van der Waals surface area contributed by atoms with Crippen LogP contribution in [0.4, 0.5) is 11.8 Å². The van der Waals surface area contributed by atoms with Crippen LogP contribution in [0.2, 0.25) is 0 Å². The Morgan fingerprint density at radius 3 is 2.44 bits per heavy atom. The number of nitrogens with zero attached hydrogens (tertiary/aromatic N) is 6. The van der Waals surface area contributed by atoms with Gasteiger partial charge in [-0.1, -0.05) is 0 Å². The minimum atomic E-state index is -3.50. The number of imidazole rings is 1. The molecular weight excluding hydrogens is 342 g/mol. The molecule has 0 atom stereocenters. The Morgan fingerprint density at radius 2 is 1.76 bits per heavy atom. The normalized spacial score (nSPS) is 19.5. The summed E-state index contributed by atoms with van der Waals surface area (Å²) < 4.78 is 26.5. The molecule has 134 valence electrons. The first-order valence-corrected chi connectivity index (χ1v) is 9.90. The molecule has 25 heavy (non-hydrogen) atoms. The van der Waals surface area contributed by atoms with Gasteiger partial charge in [0.15, 0.2) is 5.03 Å². The number of H-pyrrole nitrogens is 1. The second kappa shape index (κ2) is 6.60. The van der Waals surface area contributed by atoms with Gasteiger partial charge in [0.05, 0.1) is 12.5 Å². The Hall–Kier alpha value is -2.20. The molecule has 0 spiro atoms. The quantitative estimate of drug-likeness (QED) is 0.835. The second-order valence-electron chi connectivity index (χ2n) is 6.22. The van der Waals surface area contributed by atoms with E-state index in [0.717, 1.165) is 24.9 Å². The molecule has 0 aromatic carbocycles. The van der Waals surface area contributed by atoms with E-state index in [9.17, 15) is 8.42 Å². The number of anilines is 2. The number of hydrogen-bond donors (Lipinski definition) is 1. The number of piperazine rings is 1. The molecule has 2 aromatic rings. The van der Waals surface area contributed by atoms with Crippen LogP contribution in [0.3, 0.4) is 0 Å². The van der Waals surface area contributed by atoms with Crippen molar-refractivity contribution >= 4 is 21.8 Å². The van der Waals surface area contributed by atoms with E-state index in [4.69, 9.17) is 0 Å². The topological polar surface area (TPSA) is 98.3 Å². The predicted octanol–water partition coefficient (Wildman–Crippen LogP) is 0.311. The number of rotatable bonds is 4. The van der Waals surface area contributed by atoms with Crippen LogP contribution in [-0.2, 0) is 10.0 Å². The summed E-state index contributed by atoms with van der Waals surface area (Å²) in [5.41, 5.74) is 0. The van der Waals surface area contributed by atoms with Gasteiger partial charge in [-0.2, -0.15) is 9.29 Å².